The minimum Gasteiger partial charge on any atom is -0.465 e. The van der Waals surface area contributed by atoms with Gasteiger partial charge in [-0.1, -0.05) is 0 Å². The lowest BCUT2D eigenvalue weighted by Crippen LogP contribution is -2.28. The maximum absolute atomic E-state index is 5.53. The Morgan fingerprint density at radius 1 is 1.40 bits per heavy atom. The smallest absolute Gasteiger partial charge is 0.120 e. The molecule has 1 rings (SSSR count). The van der Waals surface area contributed by atoms with Gasteiger partial charge < -0.3 is 14.5 Å². The van der Waals surface area contributed by atoms with Crippen LogP contribution in [-0.2, 0) is 4.74 Å². The summed E-state index contributed by atoms with van der Waals surface area (Å²) in [6.45, 7) is 9.73. The summed E-state index contributed by atoms with van der Waals surface area (Å²) in [7, 11) is 0. The van der Waals surface area contributed by atoms with Gasteiger partial charge in [0.15, 0.2) is 0 Å². The molecule has 0 saturated carbocycles. The highest BCUT2D eigenvalue weighted by Crippen LogP contribution is 2.15. The van der Waals surface area contributed by atoms with Crippen molar-refractivity contribution in [2.45, 2.75) is 39.8 Å². The molecule has 15 heavy (non-hydrogen) atoms. The van der Waals surface area contributed by atoms with Crippen molar-refractivity contribution < 1.29 is 9.15 Å². The maximum atomic E-state index is 5.53. The molecule has 3 heteroatoms. The van der Waals surface area contributed by atoms with Gasteiger partial charge in [0.2, 0.25) is 0 Å². The van der Waals surface area contributed by atoms with Crippen LogP contribution in [0.15, 0.2) is 16.5 Å². The number of hydrogen-bond acceptors (Lipinski definition) is 3. The van der Waals surface area contributed by atoms with E-state index in [9.17, 15) is 0 Å². The van der Waals surface area contributed by atoms with Gasteiger partial charge in [0.1, 0.15) is 11.5 Å². The Morgan fingerprint density at radius 2 is 2.13 bits per heavy atom. The third-order valence-corrected chi connectivity index (χ3v) is 2.35. The average Bonchev–Trinajstić information content (AvgIpc) is 2.62. The molecule has 1 N–H and O–H groups in total. The Kier molecular flexibility index (Phi) is 4.85. The molecule has 3 nitrogen and oxygen atoms in total. The second-order valence-electron chi connectivity index (χ2n) is 3.84. The number of aryl methyl sites for hydroxylation is 1. The van der Waals surface area contributed by atoms with E-state index >= 15 is 0 Å². The van der Waals surface area contributed by atoms with Crippen molar-refractivity contribution in [3.8, 4) is 0 Å². The summed E-state index contributed by atoms with van der Waals surface area (Å²) in [5.74, 6) is 1.94. The second kappa shape index (κ2) is 5.93. The molecule has 0 radical (unpaired) electrons. The predicted octanol–water partition coefficient (Wildman–Crippen LogP) is 2.66. The number of furan rings is 1. The molecule has 2 atom stereocenters. The topological polar surface area (TPSA) is 34.4 Å². The summed E-state index contributed by atoms with van der Waals surface area (Å²) in [6, 6.07) is 4.24. The van der Waals surface area contributed by atoms with E-state index in [0.717, 1.165) is 24.7 Å². The zero-order valence-electron chi connectivity index (χ0n) is 10.0. The summed E-state index contributed by atoms with van der Waals surface area (Å²) in [6.07, 6.45) is 0.244. The Morgan fingerprint density at radius 3 is 2.67 bits per heavy atom. The van der Waals surface area contributed by atoms with E-state index in [4.69, 9.17) is 9.15 Å². The first-order chi connectivity index (χ1) is 7.13. The van der Waals surface area contributed by atoms with Gasteiger partial charge in [-0.2, -0.15) is 0 Å². The fraction of sp³-hybridized carbons (Fsp3) is 0.667. The fourth-order valence-corrected chi connectivity index (χ4v) is 1.47. The Labute approximate surface area is 91.8 Å². The van der Waals surface area contributed by atoms with Crippen LogP contribution in [0.5, 0.6) is 0 Å². The molecule has 0 aromatic carbocycles. The standard InChI is InChI=1S/C12H21NO2/c1-5-14-10(3)8-13-11(4)12-7-6-9(2)15-12/h6-7,10-11,13H,5,8H2,1-4H3. The summed E-state index contributed by atoms with van der Waals surface area (Å²) in [5.41, 5.74) is 0. The van der Waals surface area contributed by atoms with Crippen molar-refractivity contribution in [1.29, 1.82) is 0 Å². The fourth-order valence-electron chi connectivity index (χ4n) is 1.47. The van der Waals surface area contributed by atoms with Crippen molar-refractivity contribution in [1.82, 2.24) is 5.32 Å². The van der Waals surface area contributed by atoms with Crippen molar-refractivity contribution in [2.75, 3.05) is 13.2 Å². The maximum Gasteiger partial charge on any atom is 0.120 e. The van der Waals surface area contributed by atoms with Gasteiger partial charge in [-0.15, -0.1) is 0 Å². The molecule has 2 unspecified atom stereocenters. The first kappa shape index (κ1) is 12.3. The van der Waals surface area contributed by atoms with E-state index in [1.807, 2.05) is 26.0 Å². The van der Waals surface area contributed by atoms with Crippen LogP contribution in [0, 0.1) is 6.92 Å². The van der Waals surface area contributed by atoms with Gasteiger partial charge in [0.25, 0.3) is 0 Å². The molecule has 0 bridgehead atoms. The first-order valence-corrected chi connectivity index (χ1v) is 5.54. The van der Waals surface area contributed by atoms with Gasteiger partial charge in [-0.25, -0.2) is 0 Å². The quantitative estimate of drug-likeness (QED) is 0.785. The summed E-state index contributed by atoms with van der Waals surface area (Å²) < 4.78 is 11.0. The monoisotopic (exact) mass is 211 g/mol. The van der Waals surface area contributed by atoms with Crippen LogP contribution in [0.4, 0.5) is 0 Å². The highest BCUT2D eigenvalue weighted by molar-refractivity contribution is 5.08. The highest BCUT2D eigenvalue weighted by Gasteiger charge is 2.10. The predicted molar refractivity (Wildman–Crippen MR) is 61.0 cm³/mol. The molecule has 0 aliphatic carbocycles. The van der Waals surface area contributed by atoms with Crippen molar-refractivity contribution in [2.24, 2.45) is 0 Å². The van der Waals surface area contributed by atoms with Crippen molar-refractivity contribution in [3.05, 3.63) is 23.7 Å². The number of nitrogens with one attached hydrogen (secondary N) is 1. The second-order valence-corrected chi connectivity index (χ2v) is 3.84. The van der Waals surface area contributed by atoms with Crippen LogP contribution in [0.25, 0.3) is 0 Å². The van der Waals surface area contributed by atoms with E-state index < -0.39 is 0 Å². The molecule has 0 aliphatic heterocycles. The van der Waals surface area contributed by atoms with Crippen LogP contribution in [0.3, 0.4) is 0 Å². The van der Waals surface area contributed by atoms with Gasteiger partial charge >= 0.3 is 0 Å². The van der Waals surface area contributed by atoms with Crippen LogP contribution < -0.4 is 5.32 Å². The van der Waals surface area contributed by atoms with E-state index in [0.29, 0.717) is 0 Å². The Hall–Kier alpha value is -0.800. The van der Waals surface area contributed by atoms with E-state index in [-0.39, 0.29) is 12.1 Å². The molecule has 0 aliphatic rings. The lowest BCUT2D eigenvalue weighted by molar-refractivity contribution is 0.0738. The number of rotatable bonds is 6. The minimum atomic E-state index is 0.238. The number of ether oxygens (including phenoxy) is 1. The zero-order chi connectivity index (χ0) is 11.3. The van der Waals surface area contributed by atoms with Gasteiger partial charge in [0, 0.05) is 13.2 Å². The number of hydrogen-bond donors (Lipinski definition) is 1. The van der Waals surface area contributed by atoms with Crippen LogP contribution in [0.2, 0.25) is 0 Å². The molecule has 0 amide bonds. The normalized spacial score (nSPS) is 15.2. The van der Waals surface area contributed by atoms with Crippen molar-refractivity contribution in [3.63, 3.8) is 0 Å². The highest BCUT2D eigenvalue weighted by atomic mass is 16.5. The summed E-state index contributed by atoms with van der Waals surface area (Å²) in [5, 5.41) is 3.38. The Balaban J connectivity index is 2.33. The molecule has 0 saturated heterocycles. The minimum absolute atomic E-state index is 0.238. The van der Waals surface area contributed by atoms with Crippen LogP contribution >= 0.6 is 0 Å². The average molecular weight is 211 g/mol. The largest absolute Gasteiger partial charge is 0.465 e. The molecule has 1 aromatic rings. The molecular formula is C12H21NO2. The van der Waals surface area contributed by atoms with E-state index in [2.05, 4.69) is 19.2 Å². The Bertz CT molecular complexity index is 283. The summed E-state index contributed by atoms with van der Waals surface area (Å²) in [4.78, 5) is 0. The third-order valence-electron chi connectivity index (χ3n) is 2.35. The first-order valence-electron chi connectivity index (χ1n) is 5.54. The lowest BCUT2D eigenvalue weighted by atomic mass is 10.2. The van der Waals surface area contributed by atoms with Gasteiger partial charge in [-0.05, 0) is 39.8 Å². The molecular weight excluding hydrogens is 190 g/mol. The SMILES string of the molecule is CCOC(C)CNC(C)c1ccc(C)o1. The summed E-state index contributed by atoms with van der Waals surface area (Å²) >= 11 is 0. The third kappa shape index (κ3) is 4.06. The van der Waals surface area contributed by atoms with Crippen molar-refractivity contribution >= 4 is 0 Å². The van der Waals surface area contributed by atoms with Gasteiger partial charge in [-0.3, -0.25) is 0 Å². The molecule has 86 valence electrons. The molecule has 1 heterocycles. The van der Waals surface area contributed by atoms with Gasteiger partial charge in [0.05, 0.1) is 12.1 Å². The van der Waals surface area contributed by atoms with Crippen LogP contribution in [0.1, 0.15) is 38.3 Å². The molecule has 1 aromatic heterocycles. The van der Waals surface area contributed by atoms with E-state index in [1.54, 1.807) is 0 Å². The van der Waals surface area contributed by atoms with Crippen LogP contribution in [-0.4, -0.2) is 19.3 Å². The molecule has 0 spiro atoms. The molecule has 0 fully saturated rings. The van der Waals surface area contributed by atoms with E-state index in [1.165, 1.54) is 0 Å². The zero-order valence-corrected chi connectivity index (χ0v) is 10.0. The lowest BCUT2D eigenvalue weighted by Gasteiger charge is -2.16.